The number of benzene rings is 1. The molecule has 1 aromatic carbocycles. The van der Waals surface area contributed by atoms with Crippen molar-refractivity contribution in [2.24, 2.45) is 5.92 Å². The van der Waals surface area contributed by atoms with E-state index in [1.54, 1.807) is 6.92 Å². The van der Waals surface area contributed by atoms with Crippen LogP contribution >= 0.6 is 15.9 Å². The topological polar surface area (TPSA) is 66.4 Å². The highest BCUT2D eigenvalue weighted by atomic mass is 79.9. The van der Waals surface area contributed by atoms with Crippen LogP contribution in [-0.4, -0.2) is 23.5 Å². The summed E-state index contributed by atoms with van der Waals surface area (Å²) in [6.45, 7) is 5.33. The molecule has 0 saturated carbocycles. The van der Waals surface area contributed by atoms with E-state index in [0.717, 1.165) is 10.0 Å². The molecular formula is C14H18BrNO3. The average molecular weight is 328 g/mol. The predicted molar refractivity (Wildman–Crippen MR) is 77.0 cm³/mol. The Morgan fingerprint density at radius 2 is 1.84 bits per heavy atom. The van der Waals surface area contributed by atoms with Gasteiger partial charge in [-0.1, -0.05) is 35.0 Å². The van der Waals surface area contributed by atoms with Crippen molar-refractivity contribution in [1.29, 1.82) is 0 Å². The third kappa shape index (κ3) is 4.06. The molecule has 104 valence electrons. The highest BCUT2D eigenvalue weighted by Gasteiger charge is 2.30. The Balaban J connectivity index is 2.74. The molecule has 0 heterocycles. The van der Waals surface area contributed by atoms with Crippen LogP contribution in [0.1, 0.15) is 26.3 Å². The Bertz CT molecular complexity index is 468. The molecule has 1 amide bonds. The fraction of sp³-hybridized carbons (Fsp3) is 0.429. The van der Waals surface area contributed by atoms with Crippen molar-refractivity contribution in [2.45, 2.75) is 26.2 Å². The van der Waals surface area contributed by atoms with Crippen LogP contribution in [0.4, 0.5) is 0 Å². The fourth-order valence-electron chi connectivity index (χ4n) is 1.55. The van der Waals surface area contributed by atoms with Gasteiger partial charge in [0.25, 0.3) is 0 Å². The lowest BCUT2D eigenvalue weighted by Crippen LogP contribution is -2.42. The SMILES string of the molecule is CC(CNC(=O)C(C)(C)c1ccc(Br)cc1)C(=O)O. The quantitative estimate of drug-likeness (QED) is 0.873. The van der Waals surface area contributed by atoms with Gasteiger partial charge in [-0.2, -0.15) is 0 Å². The Labute approximate surface area is 121 Å². The molecule has 1 rings (SSSR count). The first-order valence-electron chi connectivity index (χ1n) is 6.02. The first-order chi connectivity index (χ1) is 8.75. The minimum atomic E-state index is -0.915. The zero-order chi connectivity index (χ0) is 14.6. The van der Waals surface area contributed by atoms with Gasteiger partial charge in [-0.05, 0) is 31.5 Å². The van der Waals surface area contributed by atoms with Crippen LogP contribution < -0.4 is 5.32 Å². The Hall–Kier alpha value is -1.36. The van der Waals surface area contributed by atoms with Crippen molar-refractivity contribution in [3.63, 3.8) is 0 Å². The minimum Gasteiger partial charge on any atom is -0.481 e. The lowest BCUT2D eigenvalue weighted by molar-refractivity contribution is -0.141. The molecular weight excluding hydrogens is 310 g/mol. The monoisotopic (exact) mass is 327 g/mol. The van der Waals surface area contributed by atoms with Gasteiger partial charge in [0.2, 0.25) is 5.91 Å². The lowest BCUT2D eigenvalue weighted by Gasteiger charge is -2.24. The molecule has 0 spiro atoms. The van der Waals surface area contributed by atoms with Crippen LogP contribution in [0.25, 0.3) is 0 Å². The molecule has 4 nitrogen and oxygen atoms in total. The minimum absolute atomic E-state index is 0.133. The number of carboxylic acid groups (broad SMARTS) is 1. The summed E-state index contributed by atoms with van der Waals surface area (Å²) in [5.74, 6) is -1.69. The van der Waals surface area contributed by atoms with Crippen LogP contribution in [0.2, 0.25) is 0 Å². The largest absolute Gasteiger partial charge is 0.481 e. The maximum absolute atomic E-state index is 12.2. The summed E-state index contributed by atoms with van der Waals surface area (Å²) in [7, 11) is 0. The molecule has 0 bridgehead atoms. The summed E-state index contributed by atoms with van der Waals surface area (Å²) in [5, 5.41) is 11.5. The predicted octanol–water partition coefficient (Wildman–Crippen LogP) is 2.56. The summed E-state index contributed by atoms with van der Waals surface area (Å²) in [6, 6.07) is 7.52. The zero-order valence-electron chi connectivity index (χ0n) is 11.2. The highest BCUT2D eigenvalue weighted by molar-refractivity contribution is 9.10. The third-order valence-electron chi connectivity index (χ3n) is 3.12. The molecule has 0 aliphatic carbocycles. The van der Waals surface area contributed by atoms with Gasteiger partial charge in [0.15, 0.2) is 0 Å². The van der Waals surface area contributed by atoms with Gasteiger partial charge in [0.1, 0.15) is 0 Å². The number of carbonyl (C=O) groups excluding carboxylic acids is 1. The van der Waals surface area contributed by atoms with E-state index in [0.29, 0.717) is 0 Å². The van der Waals surface area contributed by atoms with Crippen molar-refractivity contribution in [2.75, 3.05) is 6.54 Å². The number of hydrogen-bond acceptors (Lipinski definition) is 2. The van der Waals surface area contributed by atoms with E-state index < -0.39 is 17.3 Å². The molecule has 5 heteroatoms. The maximum Gasteiger partial charge on any atom is 0.308 e. The molecule has 0 aromatic heterocycles. The number of hydrogen-bond donors (Lipinski definition) is 2. The number of carbonyl (C=O) groups is 2. The summed E-state index contributed by atoms with van der Waals surface area (Å²) in [5.41, 5.74) is 0.190. The average Bonchev–Trinajstić information content (AvgIpc) is 2.35. The summed E-state index contributed by atoms with van der Waals surface area (Å²) in [4.78, 5) is 22.9. The first-order valence-corrected chi connectivity index (χ1v) is 6.81. The molecule has 0 saturated heterocycles. The van der Waals surface area contributed by atoms with E-state index in [9.17, 15) is 9.59 Å². The number of aliphatic carboxylic acids is 1. The second kappa shape index (κ2) is 6.19. The Kier molecular flexibility index (Phi) is 5.11. The molecule has 0 fully saturated rings. The van der Waals surface area contributed by atoms with Gasteiger partial charge in [-0.25, -0.2) is 0 Å². The van der Waals surface area contributed by atoms with Gasteiger partial charge >= 0.3 is 5.97 Å². The lowest BCUT2D eigenvalue weighted by atomic mass is 9.83. The molecule has 1 aromatic rings. The van der Waals surface area contributed by atoms with Crippen LogP contribution in [0, 0.1) is 5.92 Å². The van der Waals surface area contributed by atoms with Crippen molar-refractivity contribution >= 4 is 27.8 Å². The van der Waals surface area contributed by atoms with Gasteiger partial charge < -0.3 is 10.4 Å². The van der Waals surface area contributed by atoms with E-state index in [2.05, 4.69) is 21.2 Å². The van der Waals surface area contributed by atoms with E-state index in [1.165, 1.54) is 0 Å². The number of amides is 1. The van der Waals surface area contributed by atoms with Crippen LogP contribution in [0.3, 0.4) is 0 Å². The second-order valence-electron chi connectivity index (χ2n) is 5.08. The smallest absolute Gasteiger partial charge is 0.308 e. The van der Waals surface area contributed by atoms with Gasteiger partial charge in [-0.3, -0.25) is 9.59 Å². The van der Waals surface area contributed by atoms with E-state index >= 15 is 0 Å². The molecule has 0 aliphatic heterocycles. The number of rotatable bonds is 5. The van der Waals surface area contributed by atoms with Crippen molar-refractivity contribution in [3.05, 3.63) is 34.3 Å². The Morgan fingerprint density at radius 3 is 2.32 bits per heavy atom. The van der Waals surface area contributed by atoms with Crippen molar-refractivity contribution in [3.8, 4) is 0 Å². The second-order valence-corrected chi connectivity index (χ2v) is 6.00. The van der Waals surface area contributed by atoms with Crippen molar-refractivity contribution in [1.82, 2.24) is 5.32 Å². The van der Waals surface area contributed by atoms with Gasteiger partial charge in [-0.15, -0.1) is 0 Å². The molecule has 0 radical (unpaired) electrons. The number of carboxylic acids is 1. The maximum atomic E-state index is 12.2. The van der Waals surface area contributed by atoms with E-state index in [-0.39, 0.29) is 12.5 Å². The highest BCUT2D eigenvalue weighted by Crippen LogP contribution is 2.25. The fourth-order valence-corrected chi connectivity index (χ4v) is 1.82. The number of nitrogens with one attached hydrogen (secondary N) is 1. The van der Waals surface area contributed by atoms with Gasteiger partial charge in [0.05, 0.1) is 11.3 Å². The van der Waals surface area contributed by atoms with E-state index in [4.69, 9.17) is 5.11 Å². The normalized spacial score (nSPS) is 12.8. The number of halogens is 1. The molecule has 1 atom stereocenters. The van der Waals surface area contributed by atoms with Crippen molar-refractivity contribution < 1.29 is 14.7 Å². The summed E-state index contributed by atoms with van der Waals surface area (Å²) in [6.07, 6.45) is 0. The standard InChI is InChI=1S/C14H18BrNO3/c1-9(12(17)18)8-16-13(19)14(2,3)10-4-6-11(15)7-5-10/h4-7,9H,8H2,1-3H3,(H,16,19)(H,17,18). The first kappa shape index (κ1) is 15.7. The van der Waals surface area contributed by atoms with Crippen LogP contribution in [0.5, 0.6) is 0 Å². The van der Waals surface area contributed by atoms with E-state index in [1.807, 2.05) is 38.1 Å². The third-order valence-corrected chi connectivity index (χ3v) is 3.65. The van der Waals surface area contributed by atoms with Gasteiger partial charge in [0, 0.05) is 11.0 Å². The zero-order valence-corrected chi connectivity index (χ0v) is 12.8. The summed E-state index contributed by atoms with van der Waals surface area (Å²) >= 11 is 3.35. The molecule has 1 unspecified atom stereocenters. The molecule has 19 heavy (non-hydrogen) atoms. The summed E-state index contributed by atoms with van der Waals surface area (Å²) < 4.78 is 0.951. The Morgan fingerprint density at radius 1 is 1.32 bits per heavy atom. The van der Waals surface area contributed by atoms with Crippen LogP contribution in [0.15, 0.2) is 28.7 Å². The molecule has 0 aliphatic rings. The molecule has 2 N–H and O–H groups in total. The van der Waals surface area contributed by atoms with Crippen LogP contribution in [-0.2, 0) is 15.0 Å².